The first-order chi connectivity index (χ1) is 16.4. The molecule has 0 spiro atoms. The second-order valence-electron chi connectivity index (χ2n) is 9.53. The van der Waals surface area contributed by atoms with Crippen molar-refractivity contribution in [1.29, 1.82) is 0 Å². The molecule has 1 aliphatic heterocycles. The number of likely N-dealkylation sites (tertiary alicyclic amines) is 1. The maximum absolute atomic E-state index is 13.3. The number of benzene rings is 2. The normalized spacial score (nSPS) is 18.2. The summed E-state index contributed by atoms with van der Waals surface area (Å²) in [5, 5.41) is 12.3. The van der Waals surface area contributed by atoms with Crippen molar-refractivity contribution in [2.24, 2.45) is 5.92 Å². The molecule has 2 amide bonds. The van der Waals surface area contributed by atoms with Gasteiger partial charge in [0, 0.05) is 12.5 Å². The van der Waals surface area contributed by atoms with Crippen LogP contribution in [0.5, 0.6) is 0 Å². The first-order valence-corrected chi connectivity index (χ1v) is 12.0. The molecule has 2 aliphatic rings. The fraction of sp³-hybridized carbons (Fsp3) is 0.444. The van der Waals surface area contributed by atoms with Crippen LogP contribution in [-0.2, 0) is 14.3 Å². The first kappa shape index (κ1) is 23.8. The van der Waals surface area contributed by atoms with Crippen molar-refractivity contribution >= 4 is 18.0 Å². The highest BCUT2D eigenvalue weighted by atomic mass is 16.5. The lowest BCUT2D eigenvalue weighted by Crippen LogP contribution is -2.55. The van der Waals surface area contributed by atoms with E-state index in [9.17, 15) is 19.5 Å². The van der Waals surface area contributed by atoms with Gasteiger partial charge in [0.15, 0.2) is 0 Å². The number of carbonyl (C=O) groups is 3. The zero-order valence-corrected chi connectivity index (χ0v) is 19.7. The monoisotopic (exact) mass is 464 g/mol. The number of fused-ring (bicyclic) bond motifs is 3. The number of hydrogen-bond donors (Lipinski definition) is 2. The van der Waals surface area contributed by atoms with E-state index in [0.29, 0.717) is 19.4 Å². The van der Waals surface area contributed by atoms with E-state index in [4.69, 9.17) is 4.74 Å². The summed E-state index contributed by atoms with van der Waals surface area (Å²) in [6.45, 7) is 4.47. The Kier molecular flexibility index (Phi) is 7.20. The molecule has 34 heavy (non-hydrogen) atoms. The van der Waals surface area contributed by atoms with Crippen LogP contribution in [0.25, 0.3) is 11.1 Å². The molecule has 2 aromatic carbocycles. The molecular formula is C27H32N2O5. The summed E-state index contributed by atoms with van der Waals surface area (Å²) in [6, 6.07) is 14.5. The standard InChI is InChI=1S/C27H32N2O5/c1-17(2)15-23(25(30)29-14-8-7-13-24(29)26(31)32)28-27(33)34-16-22-20-11-5-3-9-18(20)19-10-4-6-12-21(19)22/h3-6,9-12,17,22-24H,7-8,13-16H2,1-2H3,(H,28,33)(H,31,32)/t23-,24+/m0/s1. The Labute approximate surface area is 200 Å². The van der Waals surface area contributed by atoms with E-state index in [1.807, 2.05) is 38.1 Å². The van der Waals surface area contributed by atoms with Crippen molar-refractivity contribution in [3.05, 3.63) is 59.7 Å². The van der Waals surface area contributed by atoms with E-state index in [1.165, 1.54) is 4.90 Å². The highest BCUT2D eigenvalue weighted by Crippen LogP contribution is 2.44. The minimum absolute atomic E-state index is 0.0733. The van der Waals surface area contributed by atoms with E-state index < -0.39 is 24.1 Å². The molecular weight excluding hydrogens is 432 g/mol. The SMILES string of the molecule is CC(C)C[C@H](NC(=O)OCC1c2ccccc2-c2ccccc21)C(=O)N1CCCC[C@@H]1C(=O)O. The molecule has 0 bridgehead atoms. The Morgan fingerprint density at radius 2 is 1.65 bits per heavy atom. The third-order valence-corrected chi connectivity index (χ3v) is 6.71. The summed E-state index contributed by atoms with van der Waals surface area (Å²) in [7, 11) is 0. The second-order valence-corrected chi connectivity index (χ2v) is 9.53. The van der Waals surface area contributed by atoms with E-state index in [0.717, 1.165) is 35.1 Å². The fourth-order valence-corrected chi connectivity index (χ4v) is 5.13. The molecule has 0 unspecified atom stereocenters. The number of amides is 2. The van der Waals surface area contributed by atoms with Gasteiger partial charge in [-0.25, -0.2) is 9.59 Å². The zero-order chi connectivity index (χ0) is 24.2. The third-order valence-electron chi connectivity index (χ3n) is 6.71. The Morgan fingerprint density at radius 3 is 2.24 bits per heavy atom. The Bertz CT molecular complexity index is 1020. The largest absolute Gasteiger partial charge is 0.480 e. The number of alkyl carbamates (subject to hydrolysis) is 1. The van der Waals surface area contributed by atoms with Crippen molar-refractivity contribution in [3.63, 3.8) is 0 Å². The topological polar surface area (TPSA) is 95.9 Å². The molecule has 1 aliphatic carbocycles. The number of rotatable bonds is 7. The van der Waals surface area contributed by atoms with Gasteiger partial charge < -0.3 is 20.1 Å². The van der Waals surface area contributed by atoms with Crippen LogP contribution >= 0.6 is 0 Å². The van der Waals surface area contributed by atoms with Gasteiger partial charge in [-0.3, -0.25) is 4.79 Å². The number of carboxylic acids is 1. The van der Waals surface area contributed by atoms with Crippen molar-refractivity contribution in [2.75, 3.05) is 13.2 Å². The number of piperidine rings is 1. The quantitative estimate of drug-likeness (QED) is 0.633. The average Bonchev–Trinajstić information content (AvgIpc) is 3.15. The predicted octanol–water partition coefficient (Wildman–Crippen LogP) is 4.41. The summed E-state index contributed by atoms with van der Waals surface area (Å²) in [4.78, 5) is 39.1. The van der Waals surface area contributed by atoms with Crippen LogP contribution in [0, 0.1) is 5.92 Å². The van der Waals surface area contributed by atoms with Crippen molar-refractivity contribution in [3.8, 4) is 11.1 Å². The van der Waals surface area contributed by atoms with Crippen molar-refractivity contribution < 1.29 is 24.2 Å². The summed E-state index contributed by atoms with van der Waals surface area (Å²) >= 11 is 0. The number of carboxylic acid groups (broad SMARTS) is 1. The molecule has 0 saturated carbocycles. The number of carbonyl (C=O) groups excluding carboxylic acids is 2. The van der Waals surface area contributed by atoms with E-state index in [1.54, 1.807) is 0 Å². The Hall–Kier alpha value is -3.35. The van der Waals surface area contributed by atoms with E-state index in [2.05, 4.69) is 29.6 Å². The minimum atomic E-state index is -1.00. The molecule has 4 rings (SSSR count). The van der Waals surface area contributed by atoms with Gasteiger partial charge in [0.05, 0.1) is 0 Å². The van der Waals surface area contributed by atoms with Crippen LogP contribution < -0.4 is 5.32 Å². The van der Waals surface area contributed by atoms with Crippen molar-refractivity contribution in [1.82, 2.24) is 10.2 Å². The van der Waals surface area contributed by atoms with Gasteiger partial charge in [0.1, 0.15) is 18.7 Å². The maximum Gasteiger partial charge on any atom is 0.407 e. The number of hydrogen-bond acceptors (Lipinski definition) is 4. The van der Waals surface area contributed by atoms with Gasteiger partial charge in [-0.15, -0.1) is 0 Å². The first-order valence-electron chi connectivity index (χ1n) is 12.0. The van der Waals surface area contributed by atoms with Crippen molar-refractivity contribution in [2.45, 2.75) is 57.5 Å². The van der Waals surface area contributed by atoms with Gasteiger partial charge in [0.2, 0.25) is 5.91 Å². The smallest absolute Gasteiger partial charge is 0.407 e. The molecule has 2 N–H and O–H groups in total. The summed E-state index contributed by atoms with van der Waals surface area (Å²) in [5.41, 5.74) is 4.52. The van der Waals surface area contributed by atoms with Crippen LogP contribution in [0.4, 0.5) is 4.79 Å². The minimum Gasteiger partial charge on any atom is -0.480 e. The molecule has 2 aromatic rings. The lowest BCUT2D eigenvalue weighted by molar-refractivity contribution is -0.153. The van der Waals surface area contributed by atoms with Gasteiger partial charge >= 0.3 is 12.1 Å². The van der Waals surface area contributed by atoms with Crippen LogP contribution in [0.15, 0.2) is 48.5 Å². The van der Waals surface area contributed by atoms with Crippen LogP contribution in [0.2, 0.25) is 0 Å². The average molecular weight is 465 g/mol. The van der Waals surface area contributed by atoms with Gasteiger partial charge in [-0.05, 0) is 53.9 Å². The molecule has 0 aromatic heterocycles. The molecule has 7 heteroatoms. The predicted molar refractivity (Wildman–Crippen MR) is 128 cm³/mol. The Balaban J connectivity index is 1.45. The number of nitrogens with one attached hydrogen (secondary N) is 1. The van der Waals surface area contributed by atoms with Crippen LogP contribution in [-0.4, -0.2) is 53.2 Å². The van der Waals surface area contributed by atoms with E-state index >= 15 is 0 Å². The highest BCUT2D eigenvalue weighted by Gasteiger charge is 2.37. The van der Waals surface area contributed by atoms with E-state index in [-0.39, 0.29) is 24.3 Å². The molecule has 7 nitrogen and oxygen atoms in total. The number of nitrogens with zero attached hydrogens (tertiary/aromatic N) is 1. The Morgan fingerprint density at radius 1 is 1.03 bits per heavy atom. The van der Waals surface area contributed by atoms with Gasteiger partial charge in [-0.1, -0.05) is 62.4 Å². The lowest BCUT2D eigenvalue weighted by atomic mass is 9.97. The molecule has 1 heterocycles. The summed E-state index contributed by atoms with van der Waals surface area (Å²) in [5.74, 6) is -1.29. The molecule has 1 fully saturated rings. The van der Waals surface area contributed by atoms with Gasteiger partial charge in [0.25, 0.3) is 0 Å². The molecule has 0 radical (unpaired) electrons. The molecule has 1 saturated heterocycles. The third kappa shape index (κ3) is 4.93. The lowest BCUT2D eigenvalue weighted by Gasteiger charge is -2.35. The van der Waals surface area contributed by atoms with Crippen LogP contribution in [0.3, 0.4) is 0 Å². The molecule has 180 valence electrons. The molecule has 2 atom stereocenters. The fourth-order valence-electron chi connectivity index (χ4n) is 5.13. The highest BCUT2D eigenvalue weighted by molar-refractivity contribution is 5.89. The summed E-state index contributed by atoms with van der Waals surface area (Å²) in [6.07, 6.45) is 1.71. The zero-order valence-electron chi connectivity index (χ0n) is 19.7. The second kappa shape index (κ2) is 10.3. The number of aliphatic carboxylic acids is 1. The maximum atomic E-state index is 13.3. The van der Waals surface area contributed by atoms with Crippen LogP contribution in [0.1, 0.15) is 56.6 Å². The summed E-state index contributed by atoms with van der Waals surface area (Å²) < 4.78 is 5.63. The number of ether oxygens (including phenoxy) is 1. The van der Waals surface area contributed by atoms with Gasteiger partial charge in [-0.2, -0.15) is 0 Å².